The molecule has 2 rings (SSSR count). The molecule has 5 heteroatoms. The number of hydrogen-bond donors (Lipinski definition) is 2. The van der Waals surface area contributed by atoms with Gasteiger partial charge in [-0.25, -0.2) is 0 Å². The minimum Gasteiger partial charge on any atom is -0.497 e. The molecular weight excluding hydrogens is 280 g/mol. The second-order valence-corrected chi connectivity index (χ2v) is 4.90. The fourth-order valence-electron chi connectivity index (χ4n) is 1.92. The Bertz CT molecular complexity index is 639. The van der Waals surface area contributed by atoms with E-state index in [-0.39, 0.29) is 12.3 Å². The summed E-state index contributed by atoms with van der Waals surface area (Å²) in [5, 5.41) is 2.84. The van der Waals surface area contributed by atoms with Gasteiger partial charge in [0.25, 0.3) is 0 Å². The summed E-state index contributed by atoms with van der Waals surface area (Å²) in [6.45, 7) is 2.22. The summed E-state index contributed by atoms with van der Waals surface area (Å²) in [5.41, 5.74) is 8.04. The number of nitrogen functional groups attached to an aromatic ring is 1. The molecule has 0 heterocycles. The van der Waals surface area contributed by atoms with Crippen LogP contribution in [-0.2, 0) is 4.79 Å². The number of carbonyl (C=O) groups is 1. The highest BCUT2D eigenvalue weighted by molar-refractivity contribution is 5.92. The monoisotopic (exact) mass is 300 g/mol. The van der Waals surface area contributed by atoms with Crippen LogP contribution in [0.15, 0.2) is 42.5 Å². The number of hydrogen-bond acceptors (Lipinski definition) is 4. The molecule has 0 unspecified atom stereocenters. The Morgan fingerprint density at radius 1 is 1.14 bits per heavy atom. The second kappa shape index (κ2) is 7.36. The average molecular weight is 300 g/mol. The average Bonchev–Trinajstić information content (AvgIpc) is 2.51. The Kier molecular flexibility index (Phi) is 5.25. The Morgan fingerprint density at radius 2 is 1.82 bits per heavy atom. The highest BCUT2D eigenvalue weighted by Gasteiger charge is 2.06. The van der Waals surface area contributed by atoms with Crippen molar-refractivity contribution in [3.8, 4) is 11.5 Å². The zero-order valence-electron chi connectivity index (χ0n) is 12.8. The van der Waals surface area contributed by atoms with Crippen LogP contribution in [-0.4, -0.2) is 19.6 Å². The molecule has 0 saturated heterocycles. The van der Waals surface area contributed by atoms with Gasteiger partial charge in [-0.15, -0.1) is 0 Å². The summed E-state index contributed by atoms with van der Waals surface area (Å²) in [6.07, 6.45) is 0.264. The topological polar surface area (TPSA) is 73.6 Å². The number of anilines is 2. The van der Waals surface area contributed by atoms with Crippen LogP contribution in [0, 0.1) is 6.92 Å². The van der Waals surface area contributed by atoms with E-state index in [0.717, 1.165) is 17.0 Å². The van der Waals surface area contributed by atoms with Crippen LogP contribution in [0.3, 0.4) is 0 Å². The van der Waals surface area contributed by atoms with Crippen LogP contribution < -0.4 is 20.5 Å². The standard InChI is InChI=1S/C17H20N2O3/c1-12-3-4-13(18)11-16(12)19-17(20)9-10-22-15-7-5-14(21-2)6-8-15/h3-8,11H,9-10,18H2,1-2H3,(H,19,20). The lowest BCUT2D eigenvalue weighted by Crippen LogP contribution is -2.16. The van der Waals surface area contributed by atoms with Gasteiger partial charge in [-0.05, 0) is 48.9 Å². The quantitative estimate of drug-likeness (QED) is 0.804. The molecule has 0 fully saturated rings. The molecule has 0 bridgehead atoms. The molecule has 2 aromatic rings. The third-order valence-corrected chi connectivity index (χ3v) is 3.19. The van der Waals surface area contributed by atoms with Crippen LogP contribution in [0.1, 0.15) is 12.0 Å². The molecule has 5 nitrogen and oxygen atoms in total. The molecule has 0 radical (unpaired) electrons. The maximum Gasteiger partial charge on any atom is 0.227 e. The molecule has 3 N–H and O–H groups in total. The lowest BCUT2D eigenvalue weighted by atomic mass is 10.2. The van der Waals surface area contributed by atoms with Crippen molar-refractivity contribution in [3.05, 3.63) is 48.0 Å². The number of amides is 1. The van der Waals surface area contributed by atoms with Gasteiger partial charge in [0.05, 0.1) is 20.1 Å². The van der Waals surface area contributed by atoms with E-state index in [1.54, 1.807) is 31.4 Å². The number of rotatable bonds is 6. The molecule has 1 amide bonds. The zero-order chi connectivity index (χ0) is 15.9. The summed E-state index contributed by atoms with van der Waals surface area (Å²) < 4.78 is 10.6. The first kappa shape index (κ1) is 15.7. The number of carbonyl (C=O) groups excluding carboxylic acids is 1. The highest BCUT2D eigenvalue weighted by atomic mass is 16.5. The van der Waals surface area contributed by atoms with E-state index in [1.165, 1.54) is 0 Å². The summed E-state index contributed by atoms with van der Waals surface area (Å²) in [6, 6.07) is 12.7. The Labute approximate surface area is 130 Å². The van der Waals surface area contributed by atoms with Gasteiger partial charge in [-0.2, -0.15) is 0 Å². The van der Waals surface area contributed by atoms with Gasteiger partial charge in [0, 0.05) is 11.4 Å². The third kappa shape index (κ3) is 4.41. The third-order valence-electron chi connectivity index (χ3n) is 3.19. The SMILES string of the molecule is COc1ccc(OCCC(=O)Nc2cc(N)ccc2C)cc1. The van der Waals surface area contributed by atoms with E-state index >= 15 is 0 Å². The van der Waals surface area contributed by atoms with Crippen molar-refractivity contribution in [3.63, 3.8) is 0 Å². The fraction of sp³-hybridized carbons (Fsp3) is 0.235. The van der Waals surface area contributed by atoms with E-state index in [9.17, 15) is 4.79 Å². The zero-order valence-corrected chi connectivity index (χ0v) is 12.8. The second-order valence-electron chi connectivity index (χ2n) is 4.90. The van der Waals surface area contributed by atoms with Crippen molar-refractivity contribution < 1.29 is 14.3 Å². The maximum atomic E-state index is 11.9. The highest BCUT2D eigenvalue weighted by Crippen LogP contribution is 2.19. The molecular formula is C17H20N2O3. The van der Waals surface area contributed by atoms with Gasteiger partial charge in [0.15, 0.2) is 0 Å². The molecule has 0 saturated carbocycles. The van der Waals surface area contributed by atoms with Crippen molar-refractivity contribution in [1.82, 2.24) is 0 Å². The Balaban J connectivity index is 1.81. The first-order valence-corrected chi connectivity index (χ1v) is 7.01. The molecule has 116 valence electrons. The van der Waals surface area contributed by atoms with Crippen molar-refractivity contribution in [2.45, 2.75) is 13.3 Å². The van der Waals surface area contributed by atoms with Crippen molar-refractivity contribution in [2.24, 2.45) is 0 Å². The van der Waals surface area contributed by atoms with Crippen molar-refractivity contribution in [2.75, 3.05) is 24.8 Å². The molecule has 0 atom stereocenters. The summed E-state index contributed by atoms with van der Waals surface area (Å²) in [5.74, 6) is 1.36. The number of nitrogens with one attached hydrogen (secondary N) is 1. The van der Waals surface area contributed by atoms with E-state index in [2.05, 4.69) is 5.32 Å². The lowest BCUT2D eigenvalue weighted by Gasteiger charge is -2.10. The van der Waals surface area contributed by atoms with Crippen LogP contribution in [0.4, 0.5) is 11.4 Å². The van der Waals surface area contributed by atoms with Gasteiger partial charge in [-0.1, -0.05) is 6.07 Å². The largest absolute Gasteiger partial charge is 0.497 e. The van der Waals surface area contributed by atoms with E-state index in [4.69, 9.17) is 15.2 Å². The van der Waals surface area contributed by atoms with Gasteiger partial charge >= 0.3 is 0 Å². The first-order valence-electron chi connectivity index (χ1n) is 7.01. The van der Waals surface area contributed by atoms with Gasteiger partial charge < -0.3 is 20.5 Å². The van der Waals surface area contributed by atoms with Crippen LogP contribution >= 0.6 is 0 Å². The minimum absolute atomic E-state index is 0.109. The minimum atomic E-state index is -0.109. The summed E-state index contributed by atoms with van der Waals surface area (Å²) >= 11 is 0. The molecule has 0 aliphatic heterocycles. The van der Waals surface area contributed by atoms with E-state index in [0.29, 0.717) is 18.0 Å². The maximum absolute atomic E-state index is 11.9. The van der Waals surface area contributed by atoms with E-state index < -0.39 is 0 Å². The van der Waals surface area contributed by atoms with Gasteiger partial charge in [0.1, 0.15) is 11.5 Å². The predicted molar refractivity (Wildman–Crippen MR) is 87.3 cm³/mol. The van der Waals surface area contributed by atoms with Crippen LogP contribution in [0.5, 0.6) is 11.5 Å². The summed E-state index contributed by atoms with van der Waals surface area (Å²) in [7, 11) is 1.61. The number of aryl methyl sites for hydroxylation is 1. The number of methoxy groups -OCH3 is 1. The fourth-order valence-corrected chi connectivity index (χ4v) is 1.92. The smallest absolute Gasteiger partial charge is 0.227 e. The summed E-state index contributed by atoms with van der Waals surface area (Å²) in [4.78, 5) is 11.9. The van der Waals surface area contributed by atoms with Gasteiger partial charge in [-0.3, -0.25) is 4.79 Å². The number of nitrogens with two attached hydrogens (primary N) is 1. The molecule has 22 heavy (non-hydrogen) atoms. The normalized spacial score (nSPS) is 10.1. The molecule has 0 aliphatic rings. The molecule has 2 aromatic carbocycles. The van der Waals surface area contributed by atoms with Gasteiger partial charge in [0.2, 0.25) is 5.91 Å². The number of ether oxygens (including phenoxy) is 2. The Morgan fingerprint density at radius 3 is 2.50 bits per heavy atom. The molecule has 0 aromatic heterocycles. The first-order chi connectivity index (χ1) is 10.6. The predicted octanol–water partition coefficient (Wildman–Crippen LogP) is 2.99. The Hall–Kier alpha value is -2.69. The van der Waals surface area contributed by atoms with Crippen LogP contribution in [0.25, 0.3) is 0 Å². The van der Waals surface area contributed by atoms with Crippen LogP contribution in [0.2, 0.25) is 0 Å². The lowest BCUT2D eigenvalue weighted by molar-refractivity contribution is -0.116. The van der Waals surface area contributed by atoms with Crippen molar-refractivity contribution >= 4 is 17.3 Å². The van der Waals surface area contributed by atoms with Crippen molar-refractivity contribution in [1.29, 1.82) is 0 Å². The molecule has 0 spiro atoms. The molecule has 0 aliphatic carbocycles. The number of benzene rings is 2. The van der Waals surface area contributed by atoms with E-state index in [1.807, 2.05) is 25.1 Å².